The summed E-state index contributed by atoms with van der Waals surface area (Å²) in [5, 5.41) is 4.24. The fourth-order valence-electron chi connectivity index (χ4n) is 2.37. The van der Waals surface area contributed by atoms with Gasteiger partial charge in [0.25, 0.3) is 0 Å². The Morgan fingerprint density at radius 2 is 2.10 bits per heavy atom. The SMILES string of the molecule is CCCC(C)OCc1cc2ccc(OC)cc2nc1NC. The largest absolute Gasteiger partial charge is 0.497 e. The van der Waals surface area contributed by atoms with Crippen molar-refractivity contribution in [1.82, 2.24) is 4.98 Å². The van der Waals surface area contributed by atoms with Crippen LogP contribution in [0, 0.1) is 0 Å². The summed E-state index contributed by atoms with van der Waals surface area (Å²) in [5.41, 5.74) is 2.00. The molecule has 1 aromatic carbocycles. The Bertz CT molecular complexity index is 599. The number of hydrogen-bond acceptors (Lipinski definition) is 4. The van der Waals surface area contributed by atoms with E-state index in [0.717, 1.165) is 40.9 Å². The van der Waals surface area contributed by atoms with Gasteiger partial charge in [-0.15, -0.1) is 0 Å². The first-order chi connectivity index (χ1) is 10.2. The Labute approximate surface area is 126 Å². The highest BCUT2D eigenvalue weighted by molar-refractivity contribution is 5.83. The Kier molecular flexibility index (Phi) is 5.39. The number of nitrogens with zero attached hydrogens (tertiary/aromatic N) is 1. The second-order valence-corrected chi connectivity index (χ2v) is 5.22. The number of aromatic nitrogens is 1. The van der Waals surface area contributed by atoms with E-state index in [-0.39, 0.29) is 6.10 Å². The summed E-state index contributed by atoms with van der Waals surface area (Å²) in [6.07, 6.45) is 2.48. The van der Waals surface area contributed by atoms with Crippen molar-refractivity contribution in [3.63, 3.8) is 0 Å². The van der Waals surface area contributed by atoms with Gasteiger partial charge in [0.2, 0.25) is 0 Å². The maximum Gasteiger partial charge on any atom is 0.131 e. The average molecular weight is 288 g/mol. The van der Waals surface area contributed by atoms with Crippen LogP contribution in [0.2, 0.25) is 0 Å². The highest BCUT2D eigenvalue weighted by Crippen LogP contribution is 2.25. The molecule has 0 spiro atoms. The fourth-order valence-corrected chi connectivity index (χ4v) is 2.37. The molecule has 114 valence electrons. The van der Waals surface area contributed by atoms with Crippen molar-refractivity contribution in [3.05, 3.63) is 29.8 Å². The van der Waals surface area contributed by atoms with E-state index in [1.54, 1.807) is 7.11 Å². The van der Waals surface area contributed by atoms with Crippen molar-refractivity contribution in [2.45, 2.75) is 39.4 Å². The second kappa shape index (κ2) is 7.27. The number of anilines is 1. The minimum absolute atomic E-state index is 0.270. The average Bonchev–Trinajstić information content (AvgIpc) is 2.51. The van der Waals surface area contributed by atoms with Crippen molar-refractivity contribution in [2.75, 3.05) is 19.5 Å². The maximum absolute atomic E-state index is 5.90. The van der Waals surface area contributed by atoms with Gasteiger partial charge in [-0.3, -0.25) is 0 Å². The van der Waals surface area contributed by atoms with Gasteiger partial charge in [-0.2, -0.15) is 0 Å². The molecule has 0 aliphatic carbocycles. The number of nitrogens with one attached hydrogen (secondary N) is 1. The van der Waals surface area contributed by atoms with Crippen molar-refractivity contribution in [3.8, 4) is 5.75 Å². The first-order valence-electron chi connectivity index (χ1n) is 7.45. The molecule has 4 nitrogen and oxygen atoms in total. The second-order valence-electron chi connectivity index (χ2n) is 5.22. The van der Waals surface area contributed by atoms with E-state index in [0.29, 0.717) is 6.61 Å². The normalized spacial score (nSPS) is 12.4. The van der Waals surface area contributed by atoms with E-state index in [4.69, 9.17) is 9.47 Å². The lowest BCUT2D eigenvalue weighted by Gasteiger charge is -2.15. The van der Waals surface area contributed by atoms with Gasteiger partial charge >= 0.3 is 0 Å². The zero-order valence-electron chi connectivity index (χ0n) is 13.3. The van der Waals surface area contributed by atoms with Gasteiger partial charge in [0.05, 0.1) is 25.3 Å². The molecule has 21 heavy (non-hydrogen) atoms. The highest BCUT2D eigenvalue weighted by atomic mass is 16.5. The molecule has 1 aromatic heterocycles. The molecule has 0 aliphatic heterocycles. The zero-order valence-corrected chi connectivity index (χ0v) is 13.3. The summed E-state index contributed by atoms with van der Waals surface area (Å²) >= 11 is 0. The number of benzene rings is 1. The molecule has 4 heteroatoms. The van der Waals surface area contributed by atoms with Crippen molar-refractivity contribution >= 4 is 16.7 Å². The van der Waals surface area contributed by atoms with Crippen LogP contribution < -0.4 is 10.1 Å². The monoisotopic (exact) mass is 288 g/mol. The van der Waals surface area contributed by atoms with E-state index in [1.807, 2.05) is 25.2 Å². The minimum atomic E-state index is 0.270. The molecule has 1 N–H and O–H groups in total. The third-order valence-electron chi connectivity index (χ3n) is 3.56. The van der Waals surface area contributed by atoms with E-state index >= 15 is 0 Å². The Balaban J connectivity index is 2.26. The van der Waals surface area contributed by atoms with Gasteiger partial charge < -0.3 is 14.8 Å². The molecule has 0 fully saturated rings. The highest BCUT2D eigenvalue weighted by Gasteiger charge is 2.09. The van der Waals surface area contributed by atoms with Crippen LogP contribution >= 0.6 is 0 Å². The summed E-state index contributed by atoms with van der Waals surface area (Å²) in [5.74, 6) is 1.68. The van der Waals surface area contributed by atoms with Crippen LogP contribution in [0.15, 0.2) is 24.3 Å². The van der Waals surface area contributed by atoms with Crippen LogP contribution in [0.3, 0.4) is 0 Å². The van der Waals surface area contributed by atoms with Gasteiger partial charge in [-0.25, -0.2) is 4.98 Å². The molecule has 0 radical (unpaired) electrons. The quantitative estimate of drug-likeness (QED) is 0.836. The number of pyridine rings is 1. The third kappa shape index (κ3) is 3.85. The number of rotatable bonds is 7. The molecule has 0 amide bonds. The fraction of sp³-hybridized carbons (Fsp3) is 0.471. The molecule has 0 aliphatic rings. The molecular weight excluding hydrogens is 264 g/mol. The van der Waals surface area contributed by atoms with Crippen LogP contribution in [0.4, 0.5) is 5.82 Å². The lowest BCUT2D eigenvalue weighted by Crippen LogP contribution is -2.09. The van der Waals surface area contributed by atoms with Crippen LogP contribution in [0.25, 0.3) is 10.9 Å². The lowest BCUT2D eigenvalue weighted by atomic mass is 10.1. The number of fused-ring (bicyclic) bond motifs is 1. The molecule has 2 aromatic rings. The van der Waals surface area contributed by atoms with Crippen LogP contribution in [-0.4, -0.2) is 25.2 Å². The Morgan fingerprint density at radius 1 is 1.29 bits per heavy atom. The number of ether oxygens (including phenoxy) is 2. The molecule has 2 rings (SSSR count). The zero-order chi connectivity index (χ0) is 15.2. The van der Waals surface area contributed by atoms with E-state index in [1.165, 1.54) is 0 Å². The lowest BCUT2D eigenvalue weighted by molar-refractivity contribution is 0.0474. The van der Waals surface area contributed by atoms with Crippen LogP contribution in [0.5, 0.6) is 5.75 Å². The van der Waals surface area contributed by atoms with E-state index in [9.17, 15) is 0 Å². The summed E-state index contributed by atoms with van der Waals surface area (Å²) < 4.78 is 11.1. The molecular formula is C17H24N2O2. The predicted molar refractivity (Wildman–Crippen MR) is 87.0 cm³/mol. The van der Waals surface area contributed by atoms with E-state index in [2.05, 4.69) is 30.2 Å². The van der Waals surface area contributed by atoms with Crippen LogP contribution in [0.1, 0.15) is 32.3 Å². The van der Waals surface area contributed by atoms with Crippen LogP contribution in [-0.2, 0) is 11.3 Å². The van der Waals surface area contributed by atoms with Crippen molar-refractivity contribution in [2.24, 2.45) is 0 Å². The Hall–Kier alpha value is -1.81. The summed E-state index contributed by atoms with van der Waals surface area (Å²) in [4.78, 5) is 4.66. The maximum atomic E-state index is 5.90. The van der Waals surface area contributed by atoms with Crippen molar-refractivity contribution < 1.29 is 9.47 Å². The molecule has 1 heterocycles. The van der Waals surface area contributed by atoms with Gasteiger partial charge in [-0.05, 0) is 31.5 Å². The first-order valence-corrected chi connectivity index (χ1v) is 7.45. The van der Waals surface area contributed by atoms with Gasteiger partial charge in [-0.1, -0.05) is 13.3 Å². The van der Waals surface area contributed by atoms with Crippen molar-refractivity contribution in [1.29, 1.82) is 0 Å². The minimum Gasteiger partial charge on any atom is -0.497 e. The molecule has 1 atom stereocenters. The number of methoxy groups -OCH3 is 1. The topological polar surface area (TPSA) is 43.4 Å². The third-order valence-corrected chi connectivity index (χ3v) is 3.56. The summed E-state index contributed by atoms with van der Waals surface area (Å²) in [6.45, 7) is 4.86. The van der Waals surface area contributed by atoms with Gasteiger partial charge in [0.1, 0.15) is 11.6 Å². The predicted octanol–water partition coefficient (Wildman–Crippen LogP) is 3.99. The molecule has 1 unspecified atom stereocenters. The summed E-state index contributed by atoms with van der Waals surface area (Å²) in [6, 6.07) is 8.06. The Morgan fingerprint density at radius 3 is 2.76 bits per heavy atom. The first kappa shape index (κ1) is 15.6. The smallest absolute Gasteiger partial charge is 0.131 e. The molecule has 0 bridgehead atoms. The number of hydrogen-bond donors (Lipinski definition) is 1. The molecule has 0 saturated carbocycles. The standard InChI is InChI=1S/C17H24N2O2/c1-5-6-12(2)21-11-14-9-13-7-8-15(20-4)10-16(13)19-17(14)18-3/h7-10,12H,5-6,11H2,1-4H3,(H,18,19). The van der Waals surface area contributed by atoms with Gasteiger partial charge in [0.15, 0.2) is 0 Å². The van der Waals surface area contributed by atoms with E-state index < -0.39 is 0 Å². The van der Waals surface area contributed by atoms with Gasteiger partial charge in [0, 0.05) is 24.1 Å². The molecule has 0 saturated heterocycles. The summed E-state index contributed by atoms with van der Waals surface area (Å²) in [7, 11) is 3.55.